The van der Waals surface area contributed by atoms with Crippen LogP contribution in [0, 0.1) is 0 Å². The van der Waals surface area contributed by atoms with Crippen LogP contribution in [0.2, 0.25) is 0 Å². The van der Waals surface area contributed by atoms with Crippen molar-refractivity contribution in [2.24, 2.45) is 0 Å². The first-order chi connectivity index (χ1) is 11.1. The Balaban J connectivity index is 2.00. The number of carbonyl (C=O) groups excluding carboxylic acids is 1. The van der Waals surface area contributed by atoms with Crippen molar-refractivity contribution in [2.75, 3.05) is 25.7 Å². The number of anilines is 2. The monoisotopic (exact) mass is 328 g/mol. The van der Waals surface area contributed by atoms with Gasteiger partial charge in [-0.2, -0.15) is 5.10 Å². The van der Waals surface area contributed by atoms with Gasteiger partial charge in [0, 0.05) is 31.4 Å². The molecule has 23 heavy (non-hydrogen) atoms. The summed E-state index contributed by atoms with van der Waals surface area (Å²) in [6.45, 7) is 0. The molecular weight excluding hydrogens is 312 g/mol. The maximum atomic E-state index is 12.3. The van der Waals surface area contributed by atoms with Crippen LogP contribution in [0.25, 0.3) is 10.9 Å². The number of hydrogen-bond donors (Lipinski definition) is 2. The fourth-order valence-electron chi connectivity index (χ4n) is 2.11. The second-order valence-corrected chi connectivity index (χ2v) is 5.89. The smallest absolute Gasteiger partial charge is 0.258 e. The van der Waals surface area contributed by atoms with E-state index in [1.807, 2.05) is 24.5 Å². The molecule has 0 atom stereocenters. The van der Waals surface area contributed by atoms with E-state index in [1.165, 1.54) is 16.7 Å². The number of benzene rings is 1. The lowest BCUT2D eigenvalue weighted by Crippen LogP contribution is -2.23. The molecule has 0 aliphatic rings. The van der Waals surface area contributed by atoms with Gasteiger partial charge in [0.05, 0.1) is 11.7 Å². The second kappa shape index (κ2) is 6.25. The highest BCUT2D eigenvalue weighted by atomic mass is 32.2. The zero-order valence-corrected chi connectivity index (χ0v) is 13.8. The van der Waals surface area contributed by atoms with E-state index in [4.69, 9.17) is 0 Å². The van der Waals surface area contributed by atoms with E-state index in [2.05, 4.69) is 25.5 Å². The van der Waals surface area contributed by atoms with E-state index >= 15 is 0 Å². The number of aromatic nitrogens is 4. The first-order valence-corrected chi connectivity index (χ1v) is 8.14. The number of nitrogens with zero attached hydrogens (tertiary/aromatic N) is 4. The Labute approximate surface area is 137 Å². The number of H-pyrrole nitrogens is 1. The summed E-state index contributed by atoms with van der Waals surface area (Å²) in [6, 6.07) is 5.78. The van der Waals surface area contributed by atoms with E-state index < -0.39 is 0 Å². The zero-order valence-electron chi connectivity index (χ0n) is 13.0. The number of aromatic amines is 1. The maximum absolute atomic E-state index is 12.3. The van der Waals surface area contributed by atoms with Gasteiger partial charge in [-0.25, -0.2) is 9.97 Å². The molecule has 1 amide bonds. The number of hydrogen-bond acceptors (Lipinski definition) is 6. The molecule has 2 heterocycles. The van der Waals surface area contributed by atoms with Gasteiger partial charge in [-0.1, -0.05) is 11.8 Å². The van der Waals surface area contributed by atoms with E-state index in [0.29, 0.717) is 16.5 Å². The fourth-order valence-corrected chi connectivity index (χ4v) is 2.45. The Morgan fingerprint density at radius 1 is 1.30 bits per heavy atom. The van der Waals surface area contributed by atoms with Gasteiger partial charge in [0.25, 0.3) is 5.91 Å². The van der Waals surface area contributed by atoms with Crippen molar-refractivity contribution in [3.8, 4) is 0 Å². The Hall–Kier alpha value is -2.61. The molecule has 1 aromatic carbocycles. The van der Waals surface area contributed by atoms with Crippen molar-refractivity contribution in [1.29, 1.82) is 0 Å². The quantitative estimate of drug-likeness (QED) is 0.565. The molecule has 3 rings (SSSR count). The Morgan fingerprint density at radius 2 is 2.13 bits per heavy atom. The van der Waals surface area contributed by atoms with Gasteiger partial charge in [-0.3, -0.25) is 9.89 Å². The molecule has 7 nitrogen and oxygen atoms in total. The first kappa shape index (κ1) is 15.3. The van der Waals surface area contributed by atoms with Crippen molar-refractivity contribution in [1.82, 2.24) is 25.1 Å². The molecule has 0 unspecified atom stereocenters. The Bertz CT molecular complexity index is 860. The molecule has 0 aliphatic heterocycles. The molecular formula is C15H16N6OS. The minimum atomic E-state index is -0.149. The van der Waals surface area contributed by atoms with Crippen LogP contribution in [0.1, 0.15) is 10.4 Å². The Morgan fingerprint density at radius 3 is 2.87 bits per heavy atom. The van der Waals surface area contributed by atoms with Crippen LogP contribution < -0.4 is 5.32 Å². The van der Waals surface area contributed by atoms with Crippen LogP contribution in [0.5, 0.6) is 0 Å². The molecule has 0 aliphatic carbocycles. The van der Waals surface area contributed by atoms with E-state index in [1.54, 1.807) is 26.5 Å². The molecule has 2 aromatic heterocycles. The summed E-state index contributed by atoms with van der Waals surface area (Å²) in [5.74, 6) is 0.343. The SMILES string of the molecule is CSc1ncc(C(=O)N(C)C)c(Nc2ccc3[nH]ncc3c2)n1. The highest BCUT2D eigenvalue weighted by molar-refractivity contribution is 7.98. The minimum Gasteiger partial charge on any atom is -0.345 e. The number of rotatable bonds is 4. The van der Waals surface area contributed by atoms with Crippen molar-refractivity contribution in [3.63, 3.8) is 0 Å². The molecule has 0 fully saturated rings. The van der Waals surface area contributed by atoms with E-state index in [-0.39, 0.29) is 5.91 Å². The topological polar surface area (TPSA) is 86.8 Å². The predicted molar refractivity (Wildman–Crippen MR) is 91.2 cm³/mol. The van der Waals surface area contributed by atoms with Crippen LogP contribution in [0.4, 0.5) is 11.5 Å². The summed E-state index contributed by atoms with van der Waals surface area (Å²) in [7, 11) is 3.40. The molecule has 0 saturated carbocycles. The summed E-state index contributed by atoms with van der Waals surface area (Å²) in [5, 5.41) is 11.7. The predicted octanol–water partition coefficient (Wildman–Crippen LogP) is 2.52. The number of nitrogens with one attached hydrogen (secondary N) is 2. The van der Waals surface area contributed by atoms with Crippen LogP contribution in [-0.4, -0.2) is 51.3 Å². The lowest BCUT2D eigenvalue weighted by atomic mass is 10.2. The average molecular weight is 328 g/mol. The molecule has 0 spiro atoms. The van der Waals surface area contributed by atoms with Gasteiger partial charge in [0.2, 0.25) is 0 Å². The molecule has 118 valence electrons. The third-order valence-corrected chi connectivity index (χ3v) is 3.85. The lowest BCUT2D eigenvalue weighted by molar-refractivity contribution is 0.0827. The van der Waals surface area contributed by atoms with E-state index in [0.717, 1.165) is 16.6 Å². The normalized spacial score (nSPS) is 10.7. The van der Waals surface area contributed by atoms with Crippen molar-refractivity contribution in [3.05, 3.63) is 36.2 Å². The summed E-state index contributed by atoms with van der Waals surface area (Å²) in [5.41, 5.74) is 2.21. The maximum Gasteiger partial charge on any atom is 0.258 e. The number of fused-ring (bicyclic) bond motifs is 1. The summed E-state index contributed by atoms with van der Waals surface area (Å²) < 4.78 is 0. The van der Waals surface area contributed by atoms with Crippen LogP contribution in [0.3, 0.4) is 0 Å². The van der Waals surface area contributed by atoms with E-state index in [9.17, 15) is 4.79 Å². The van der Waals surface area contributed by atoms with Crippen molar-refractivity contribution in [2.45, 2.75) is 5.16 Å². The standard InChI is InChI=1S/C15H16N6OS/c1-21(2)14(22)11-8-16-15(23-3)19-13(11)18-10-4-5-12-9(6-10)7-17-20-12/h4-8H,1-3H3,(H,17,20)(H,16,18,19). The Kier molecular flexibility index (Phi) is 4.16. The summed E-state index contributed by atoms with van der Waals surface area (Å²) in [4.78, 5) is 22.4. The molecule has 0 radical (unpaired) electrons. The summed E-state index contributed by atoms with van der Waals surface area (Å²) in [6.07, 6.45) is 5.20. The lowest BCUT2D eigenvalue weighted by Gasteiger charge is -2.15. The van der Waals surface area contributed by atoms with Crippen molar-refractivity contribution < 1.29 is 4.79 Å². The van der Waals surface area contributed by atoms with Gasteiger partial charge in [-0.15, -0.1) is 0 Å². The largest absolute Gasteiger partial charge is 0.345 e. The third kappa shape index (κ3) is 3.11. The van der Waals surface area contributed by atoms with Crippen molar-refractivity contribution >= 4 is 40.1 Å². The number of amides is 1. The molecule has 8 heteroatoms. The van der Waals surface area contributed by atoms with Gasteiger partial charge in [0.15, 0.2) is 5.16 Å². The molecule has 3 aromatic rings. The summed E-state index contributed by atoms with van der Waals surface area (Å²) >= 11 is 1.42. The number of thioether (sulfide) groups is 1. The van der Waals surface area contributed by atoms with Gasteiger partial charge in [0.1, 0.15) is 11.4 Å². The minimum absolute atomic E-state index is 0.149. The second-order valence-electron chi connectivity index (χ2n) is 5.12. The fraction of sp³-hybridized carbons (Fsp3) is 0.200. The third-order valence-electron chi connectivity index (χ3n) is 3.29. The van der Waals surface area contributed by atoms with Crippen LogP contribution in [-0.2, 0) is 0 Å². The average Bonchev–Trinajstić information content (AvgIpc) is 3.01. The van der Waals surface area contributed by atoms with Gasteiger partial charge in [-0.05, 0) is 24.5 Å². The van der Waals surface area contributed by atoms with Gasteiger partial charge >= 0.3 is 0 Å². The molecule has 0 bridgehead atoms. The highest BCUT2D eigenvalue weighted by Crippen LogP contribution is 2.24. The number of carbonyl (C=O) groups is 1. The molecule has 0 saturated heterocycles. The van der Waals surface area contributed by atoms with Gasteiger partial charge < -0.3 is 10.2 Å². The molecule has 2 N–H and O–H groups in total. The highest BCUT2D eigenvalue weighted by Gasteiger charge is 2.16. The first-order valence-electron chi connectivity index (χ1n) is 6.91. The van der Waals surface area contributed by atoms with Crippen LogP contribution >= 0.6 is 11.8 Å². The van der Waals surface area contributed by atoms with Crippen LogP contribution in [0.15, 0.2) is 35.7 Å². The zero-order chi connectivity index (χ0) is 16.4.